The van der Waals surface area contributed by atoms with Crippen molar-refractivity contribution in [3.8, 4) is 11.5 Å². The van der Waals surface area contributed by atoms with Gasteiger partial charge in [-0.05, 0) is 38.1 Å². The Bertz CT molecular complexity index is 891. The van der Waals surface area contributed by atoms with Gasteiger partial charge in [0.1, 0.15) is 24.1 Å². The Morgan fingerprint density at radius 3 is 2.17 bits per heavy atom. The number of carbonyl (C=O) groups excluding carboxylic acids is 1. The molecule has 0 heterocycles. The summed E-state index contributed by atoms with van der Waals surface area (Å²) in [7, 11) is -2.63. The van der Waals surface area contributed by atoms with E-state index >= 15 is 0 Å². The predicted molar refractivity (Wildman–Crippen MR) is 108 cm³/mol. The Labute approximate surface area is 173 Å². The summed E-state index contributed by atoms with van der Waals surface area (Å²) in [6, 6.07) is 12.2. The molecule has 3 atom stereocenters. The Balaban J connectivity index is 2.17. The molecule has 1 N–H and O–H groups in total. The third-order valence-corrected chi connectivity index (χ3v) is 5.42. The monoisotopic (exact) mass is 438 g/mol. The number of nitro benzene ring substituents is 1. The lowest BCUT2D eigenvalue weighted by Crippen LogP contribution is -2.36. The molecule has 1 unspecified atom stereocenters. The first kappa shape index (κ1) is 23.3. The third-order valence-electron chi connectivity index (χ3n) is 3.81. The predicted octanol–water partition coefficient (Wildman–Crippen LogP) is 3.72. The van der Waals surface area contributed by atoms with Crippen LogP contribution in [0.1, 0.15) is 13.8 Å². The van der Waals surface area contributed by atoms with Gasteiger partial charge in [0.05, 0.1) is 11.0 Å². The van der Waals surface area contributed by atoms with Gasteiger partial charge in [-0.2, -0.15) is 5.09 Å². The van der Waals surface area contributed by atoms with Crippen LogP contribution in [0.2, 0.25) is 0 Å². The molecule has 2 rings (SSSR count). The SMILES string of the molecule is CO[C@@H](C)COC(=O)[C@H](C)NP(=O)(Oc1ccccc1)Oc1ccc([N+](=O)[O-])cc1. The molecule has 10 nitrogen and oxygen atoms in total. The Hall–Kier alpha value is -2.94. The minimum Gasteiger partial charge on any atom is -0.462 e. The lowest BCUT2D eigenvalue weighted by Gasteiger charge is -2.23. The molecular formula is C19H23N2O8P. The molecule has 0 spiro atoms. The highest BCUT2D eigenvalue weighted by Crippen LogP contribution is 2.45. The number of nitrogens with zero attached hydrogens (tertiary/aromatic N) is 1. The fourth-order valence-corrected chi connectivity index (χ4v) is 3.66. The van der Waals surface area contributed by atoms with E-state index in [1.807, 2.05) is 0 Å². The number of ether oxygens (including phenoxy) is 2. The van der Waals surface area contributed by atoms with Crippen LogP contribution in [-0.2, 0) is 18.8 Å². The van der Waals surface area contributed by atoms with Crippen molar-refractivity contribution in [2.45, 2.75) is 26.0 Å². The molecule has 162 valence electrons. The van der Waals surface area contributed by atoms with Gasteiger partial charge in [-0.3, -0.25) is 14.9 Å². The first-order valence-corrected chi connectivity index (χ1v) is 10.5. The van der Waals surface area contributed by atoms with E-state index in [1.165, 1.54) is 38.3 Å². The maximum Gasteiger partial charge on any atom is 0.513 e. The number of hydrogen-bond donors (Lipinski definition) is 1. The lowest BCUT2D eigenvalue weighted by atomic mass is 10.3. The summed E-state index contributed by atoms with van der Waals surface area (Å²) in [6.45, 7) is 3.20. The Kier molecular flexibility index (Phi) is 8.35. The zero-order valence-electron chi connectivity index (χ0n) is 16.7. The van der Waals surface area contributed by atoms with Crippen LogP contribution >= 0.6 is 7.75 Å². The second-order valence-corrected chi connectivity index (χ2v) is 7.89. The number of nitro groups is 1. The number of methoxy groups -OCH3 is 1. The summed E-state index contributed by atoms with van der Waals surface area (Å²) in [4.78, 5) is 22.5. The first-order valence-electron chi connectivity index (χ1n) is 8.98. The van der Waals surface area contributed by atoms with Gasteiger partial charge >= 0.3 is 13.7 Å². The van der Waals surface area contributed by atoms with Crippen molar-refractivity contribution in [3.05, 3.63) is 64.7 Å². The minimum absolute atomic E-state index is 0.0222. The standard InChI is InChI=1S/C19H23N2O8P/c1-14(26-3)13-27-19(22)15(2)20-30(25,28-17-7-5-4-6-8-17)29-18-11-9-16(10-12-18)21(23)24/h4-12,14-15H,13H2,1-3H3,(H,20,25)/t14-,15-,30?/m0/s1. The molecule has 0 aromatic heterocycles. The molecule has 30 heavy (non-hydrogen) atoms. The number of benzene rings is 2. The van der Waals surface area contributed by atoms with Gasteiger partial charge in [-0.25, -0.2) is 4.57 Å². The maximum absolute atomic E-state index is 13.4. The van der Waals surface area contributed by atoms with Crippen molar-refractivity contribution in [2.75, 3.05) is 13.7 Å². The van der Waals surface area contributed by atoms with E-state index in [4.69, 9.17) is 18.5 Å². The molecular weight excluding hydrogens is 415 g/mol. The van der Waals surface area contributed by atoms with Crippen LogP contribution in [0.5, 0.6) is 11.5 Å². The van der Waals surface area contributed by atoms with E-state index < -0.39 is 24.7 Å². The molecule has 0 radical (unpaired) electrons. The summed E-state index contributed by atoms with van der Waals surface area (Å²) in [5, 5.41) is 13.3. The van der Waals surface area contributed by atoms with Crippen LogP contribution in [0.25, 0.3) is 0 Å². The summed E-state index contributed by atoms with van der Waals surface area (Å²) < 4.78 is 34.5. The van der Waals surface area contributed by atoms with Crippen LogP contribution in [0, 0.1) is 10.1 Å². The van der Waals surface area contributed by atoms with Gasteiger partial charge in [-0.1, -0.05) is 18.2 Å². The molecule has 0 bridgehead atoms. The highest BCUT2D eigenvalue weighted by atomic mass is 31.2. The van der Waals surface area contributed by atoms with Gasteiger partial charge in [0.15, 0.2) is 0 Å². The van der Waals surface area contributed by atoms with Crippen LogP contribution in [0.15, 0.2) is 54.6 Å². The quantitative estimate of drug-likeness (QED) is 0.242. The van der Waals surface area contributed by atoms with Gasteiger partial charge in [-0.15, -0.1) is 0 Å². The molecule has 2 aromatic rings. The number of nitrogens with one attached hydrogen (secondary N) is 1. The molecule has 0 aliphatic rings. The molecule has 0 aliphatic heterocycles. The summed E-state index contributed by atoms with van der Waals surface area (Å²) in [5.74, 6) is -0.382. The molecule has 2 aromatic carbocycles. The van der Waals surface area contributed by atoms with Gasteiger partial charge in [0, 0.05) is 19.2 Å². The molecule has 0 fully saturated rings. The number of non-ortho nitro benzene ring substituents is 1. The topological polar surface area (TPSA) is 126 Å². The van der Waals surface area contributed by atoms with E-state index in [-0.39, 0.29) is 29.9 Å². The average molecular weight is 438 g/mol. The van der Waals surface area contributed by atoms with Crippen molar-refractivity contribution in [2.24, 2.45) is 0 Å². The van der Waals surface area contributed by atoms with Crippen molar-refractivity contribution in [1.82, 2.24) is 5.09 Å². The summed E-state index contributed by atoms with van der Waals surface area (Å²) in [5.41, 5.74) is -0.154. The van der Waals surface area contributed by atoms with Crippen LogP contribution in [0.3, 0.4) is 0 Å². The average Bonchev–Trinajstić information content (AvgIpc) is 2.72. The smallest absolute Gasteiger partial charge is 0.462 e. The van der Waals surface area contributed by atoms with Gasteiger partial charge in [0.25, 0.3) is 5.69 Å². The fraction of sp³-hybridized carbons (Fsp3) is 0.316. The van der Waals surface area contributed by atoms with E-state index in [0.717, 1.165) is 0 Å². The second-order valence-electron chi connectivity index (χ2n) is 6.27. The van der Waals surface area contributed by atoms with Crippen LogP contribution < -0.4 is 14.1 Å². The fourth-order valence-electron chi connectivity index (χ4n) is 2.14. The number of esters is 1. The second kappa shape index (κ2) is 10.7. The van der Waals surface area contributed by atoms with E-state index in [1.54, 1.807) is 37.3 Å². The minimum atomic E-state index is -4.12. The summed E-state index contributed by atoms with van der Waals surface area (Å²) >= 11 is 0. The number of hydrogen-bond acceptors (Lipinski definition) is 8. The van der Waals surface area contributed by atoms with Gasteiger partial charge in [0.2, 0.25) is 0 Å². The highest BCUT2D eigenvalue weighted by molar-refractivity contribution is 7.52. The molecule has 0 amide bonds. The third kappa shape index (κ3) is 7.14. The van der Waals surface area contributed by atoms with Crippen LogP contribution in [-0.4, -0.2) is 36.8 Å². The number of carbonyl (C=O) groups is 1. The lowest BCUT2D eigenvalue weighted by molar-refractivity contribution is -0.384. The normalized spacial score (nSPS) is 14.8. The van der Waals surface area contributed by atoms with E-state index in [2.05, 4.69) is 5.09 Å². The Morgan fingerprint density at radius 1 is 1.07 bits per heavy atom. The largest absolute Gasteiger partial charge is 0.513 e. The number of para-hydroxylation sites is 1. The molecule has 0 saturated heterocycles. The van der Waals surface area contributed by atoms with E-state index in [9.17, 15) is 19.5 Å². The van der Waals surface area contributed by atoms with Crippen LogP contribution in [0.4, 0.5) is 5.69 Å². The Morgan fingerprint density at radius 2 is 1.63 bits per heavy atom. The zero-order chi connectivity index (χ0) is 22.1. The molecule has 0 saturated carbocycles. The molecule has 0 aliphatic carbocycles. The van der Waals surface area contributed by atoms with Crippen molar-refractivity contribution < 1.29 is 32.8 Å². The van der Waals surface area contributed by atoms with E-state index in [0.29, 0.717) is 0 Å². The first-order chi connectivity index (χ1) is 14.2. The zero-order valence-corrected chi connectivity index (χ0v) is 17.6. The van der Waals surface area contributed by atoms with Crippen molar-refractivity contribution in [1.29, 1.82) is 0 Å². The van der Waals surface area contributed by atoms with Crippen molar-refractivity contribution >= 4 is 19.4 Å². The maximum atomic E-state index is 13.4. The highest BCUT2D eigenvalue weighted by Gasteiger charge is 2.34. The molecule has 11 heteroatoms. The van der Waals surface area contributed by atoms with Gasteiger partial charge < -0.3 is 18.5 Å². The number of rotatable bonds is 11. The van der Waals surface area contributed by atoms with Crippen molar-refractivity contribution in [3.63, 3.8) is 0 Å². The summed E-state index contributed by atoms with van der Waals surface area (Å²) in [6.07, 6.45) is -0.301.